The van der Waals surface area contributed by atoms with Gasteiger partial charge in [-0.2, -0.15) is 4.31 Å². The minimum Gasteiger partial charge on any atom is -0.480 e. The molecule has 194 valence electrons. The molecule has 3 aromatic rings. The maximum absolute atomic E-state index is 13.3. The first kappa shape index (κ1) is 25.7. The summed E-state index contributed by atoms with van der Waals surface area (Å²) in [6.45, 7) is 1.24. The lowest BCUT2D eigenvalue weighted by Gasteiger charge is -2.38. The Bertz CT molecular complexity index is 1480. The SMILES string of the molecule is N=C(c1ccc(C(=O)N2CCN(S(=O)(=O)c3cc4ccc(Cl)cc4s3)CC2C(=O)O)cc1)N1CCCC1. The standard InChI is InChI=1S/C25H25ClN4O5S2/c26-19-8-7-18-13-22(36-21(18)14-19)37(34,35)29-11-12-30(20(15-29)25(32)33)24(31)17-5-3-16(4-6-17)23(27)28-9-1-2-10-28/h3-8,13-14,20,27H,1-2,9-12,15H2,(H,32,33). The highest BCUT2D eigenvalue weighted by atomic mass is 35.5. The molecule has 0 spiro atoms. The van der Waals surface area contributed by atoms with Crippen LogP contribution in [0.15, 0.2) is 52.7 Å². The number of nitrogens with one attached hydrogen (secondary N) is 1. The zero-order valence-electron chi connectivity index (χ0n) is 19.8. The molecule has 2 fully saturated rings. The number of nitrogens with zero attached hydrogens (tertiary/aromatic N) is 3. The summed E-state index contributed by atoms with van der Waals surface area (Å²) in [5, 5.41) is 19.5. The topological polar surface area (TPSA) is 122 Å². The number of amides is 1. The minimum atomic E-state index is -3.96. The van der Waals surface area contributed by atoms with Gasteiger partial charge in [0.25, 0.3) is 15.9 Å². The van der Waals surface area contributed by atoms with Crippen molar-refractivity contribution in [3.05, 3.63) is 64.7 Å². The molecule has 1 amide bonds. The summed E-state index contributed by atoms with van der Waals surface area (Å²) in [5.74, 6) is -1.36. The van der Waals surface area contributed by atoms with Crippen LogP contribution in [0.5, 0.6) is 0 Å². The minimum absolute atomic E-state index is 0.0233. The Morgan fingerprint density at radius 1 is 0.973 bits per heavy atom. The molecule has 0 bridgehead atoms. The highest BCUT2D eigenvalue weighted by Gasteiger charge is 2.40. The van der Waals surface area contributed by atoms with E-state index in [4.69, 9.17) is 17.0 Å². The van der Waals surface area contributed by atoms with Crippen LogP contribution in [-0.4, -0.2) is 84.1 Å². The van der Waals surface area contributed by atoms with Gasteiger partial charge in [-0.25, -0.2) is 13.2 Å². The molecule has 3 heterocycles. The van der Waals surface area contributed by atoms with Crippen LogP contribution in [-0.2, 0) is 14.8 Å². The fourth-order valence-electron chi connectivity index (χ4n) is 4.73. The Kier molecular flexibility index (Phi) is 6.97. The Hall–Kier alpha value is -2.99. The molecule has 9 nitrogen and oxygen atoms in total. The lowest BCUT2D eigenvalue weighted by atomic mass is 10.1. The van der Waals surface area contributed by atoms with E-state index in [0.29, 0.717) is 22.0 Å². The quantitative estimate of drug-likeness (QED) is 0.363. The van der Waals surface area contributed by atoms with E-state index in [2.05, 4.69) is 0 Å². The van der Waals surface area contributed by atoms with Crippen molar-refractivity contribution in [2.24, 2.45) is 0 Å². The number of rotatable bonds is 5. The highest BCUT2D eigenvalue weighted by molar-refractivity contribution is 7.91. The molecule has 12 heteroatoms. The molecule has 37 heavy (non-hydrogen) atoms. The van der Waals surface area contributed by atoms with Gasteiger partial charge < -0.3 is 14.9 Å². The van der Waals surface area contributed by atoms with E-state index in [1.165, 1.54) is 4.90 Å². The predicted octanol–water partition coefficient (Wildman–Crippen LogP) is 3.58. The maximum atomic E-state index is 13.3. The number of fused-ring (bicyclic) bond motifs is 1. The Morgan fingerprint density at radius 3 is 2.32 bits per heavy atom. The number of carbonyl (C=O) groups excluding carboxylic acids is 1. The molecule has 2 aliphatic rings. The van der Waals surface area contributed by atoms with Crippen molar-refractivity contribution in [1.29, 1.82) is 5.41 Å². The van der Waals surface area contributed by atoms with Gasteiger partial charge in [0, 0.05) is 53.6 Å². The molecule has 2 N–H and O–H groups in total. The molecule has 0 saturated carbocycles. The van der Waals surface area contributed by atoms with Crippen LogP contribution in [0.25, 0.3) is 10.1 Å². The molecule has 0 aliphatic carbocycles. The summed E-state index contributed by atoms with van der Waals surface area (Å²) in [6, 6.07) is 11.9. The van der Waals surface area contributed by atoms with Gasteiger partial charge in [-0.15, -0.1) is 11.3 Å². The second kappa shape index (κ2) is 10.1. The Balaban J connectivity index is 1.33. The van der Waals surface area contributed by atoms with E-state index in [9.17, 15) is 23.1 Å². The molecule has 1 unspecified atom stereocenters. The number of amidine groups is 1. The number of carboxylic acids is 1. The van der Waals surface area contributed by atoms with Crippen molar-refractivity contribution in [2.75, 3.05) is 32.7 Å². The fraction of sp³-hybridized carbons (Fsp3) is 0.320. The third kappa shape index (κ3) is 4.96. The summed E-state index contributed by atoms with van der Waals surface area (Å²) < 4.78 is 28.6. The monoisotopic (exact) mass is 560 g/mol. The van der Waals surface area contributed by atoms with Crippen molar-refractivity contribution in [2.45, 2.75) is 23.1 Å². The maximum Gasteiger partial charge on any atom is 0.327 e. The number of thiophene rings is 1. The predicted molar refractivity (Wildman–Crippen MR) is 142 cm³/mol. The average Bonchev–Trinajstić information content (AvgIpc) is 3.58. The van der Waals surface area contributed by atoms with Gasteiger partial charge in [0.05, 0.1) is 0 Å². The van der Waals surface area contributed by atoms with E-state index in [1.54, 1.807) is 48.5 Å². The van der Waals surface area contributed by atoms with Gasteiger partial charge in [-0.1, -0.05) is 29.8 Å². The van der Waals surface area contributed by atoms with E-state index in [1.807, 2.05) is 4.90 Å². The van der Waals surface area contributed by atoms with Gasteiger partial charge in [0.15, 0.2) is 0 Å². The lowest BCUT2D eigenvalue weighted by Crippen LogP contribution is -2.59. The van der Waals surface area contributed by atoms with Crippen molar-refractivity contribution >= 4 is 60.8 Å². The molecule has 2 saturated heterocycles. The largest absolute Gasteiger partial charge is 0.480 e. The van der Waals surface area contributed by atoms with E-state index in [0.717, 1.165) is 51.7 Å². The first-order valence-corrected chi connectivity index (χ1v) is 14.5. The molecule has 5 rings (SSSR count). The number of sulfonamides is 1. The summed E-state index contributed by atoms with van der Waals surface area (Å²) >= 11 is 7.10. The first-order chi connectivity index (χ1) is 17.6. The number of halogens is 1. The zero-order chi connectivity index (χ0) is 26.3. The van der Waals surface area contributed by atoms with E-state index < -0.39 is 27.9 Å². The normalized spacial score (nSPS) is 18.9. The van der Waals surface area contributed by atoms with E-state index >= 15 is 0 Å². The molecule has 0 radical (unpaired) electrons. The van der Waals surface area contributed by atoms with Crippen molar-refractivity contribution < 1.29 is 23.1 Å². The number of carbonyl (C=O) groups is 2. The lowest BCUT2D eigenvalue weighted by molar-refractivity contribution is -0.143. The molecule has 1 aromatic heterocycles. The van der Waals surface area contributed by atoms with Crippen molar-refractivity contribution in [3.63, 3.8) is 0 Å². The third-order valence-electron chi connectivity index (χ3n) is 6.77. The van der Waals surface area contributed by atoms with Gasteiger partial charge in [-0.3, -0.25) is 10.2 Å². The molecule has 1 atom stereocenters. The zero-order valence-corrected chi connectivity index (χ0v) is 22.2. The smallest absolute Gasteiger partial charge is 0.327 e. The molecule has 2 aromatic carbocycles. The number of benzene rings is 2. The van der Waals surface area contributed by atoms with Gasteiger partial charge in [-0.05, 0) is 48.6 Å². The molecular formula is C25H25ClN4O5S2. The average molecular weight is 561 g/mol. The van der Waals surface area contributed by atoms with Gasteiger partial charge in [0.2, 0.25) is 0 Å². The second-order valence-corrected chi connectivity index (χ2v) is 12.8. The number of hydrogen-bond acceptors (Lipinski definition) is 6. The number of carboxylic acid groups (broad SMARTS) is 1. The van der Waals surface area contributed by atoms with Crippen LogP contribution in [0, 0.1) is 5.41 Å². The number of hydrogen-bond donors (Lipinski definition) is 2. The highest BCUT2D eigenvalue weighted by Crippen LogP contribution is 2.33. The van der Waals surface area contributed by atoms with Crippen LogP contribution < -0.4 is 0 Å². The van der Waals surface area contributed by atoms with Crippen LogP contribution in [0.3, 0.4) is 0 Å². The second-order valence-electron chi connectivity index (χ2n) is 9.08. The first-order valence-electron chi connectivity index (χ1n) is 11.8. The fourth-order valence-corrected chi connectivity index (χ4v) is 7.99. The van der Waals surface area contributed by atoms with E-state index in [-0.39, 0.29) is 23.8 Å². The molecule has 2 aliphatic heterocycles. The van der Waals surface area contributed by atoms with Crippen molar-refractivity contribution in [1.82, 2.24) is 14.1 Å². The van der Waals surface area contributed by atoms with Gasteiger partial charge in [0.1, 0.15) is 16.1 Å². The van der Waals surface area contributed by atoms with Crippen LogP contribution in [0.1, 0.15) is 28.8 Å². The van der Waals surface area contributed by atoms with Crippen LogP contribution >= 0.6 is 22.9 Å². The Morgan fingerprint density at radius 2 is 1.65 bits per heavy atom. The van der Waals surface area contributed by atoms with Crippen LogP contribution in [0.2, 0.25) is 5.02 Å². The summed E-state index contributed by atoms with van der Waals surface area (Å²) in [6.07, 6.45) is 2.10. The van der Waals surface area contributed by atoms with Crippen LogP contribution in [0.4, 0.5) is 0 Å². The third-order valence-corrected chi connectivity index (χ3v) is 10.4. The summed E-state index contributed by atoms with van der Waals surface area (Å²) in [4.78, 5) is 28.6. The number of likely N-dealkylation sites (tertiary alicyclic amines) is 1. The summed E-state index contributed by atoms with van der Waals surface area (Å²) in [5.41, 5.74) is 0.982. The summed E-state index contributed by atoms with van der Waals surface area (Å²) in [7, 11) is -3.96. The molecular weight excluding hydrogens is 536 g/mol. The Labute approximate surface area is 223 Å². The van der Waals surface area contributed by atoms with Gasteiger partial charge >= 0.3 is 5.97 Å². The number of aliphatic carboxylic acids is 1. The van der Waals surface area contributed by atoms with Crippen molar-refractivity contribution in [3.8, 4) is 0 Å². The number of piperazine rings is 1.